The summed E-state index contributed by atoms with van der Waals surface area (Å²) in [5.74, 6) is 0.117. The minimum Gasteiger partial charge on any atom is -0.342 e. The first kappa shape index (κ1) is 24.1. The summed E-state index contributed by atoms with van der Waals surface area (Å²) in [7, 11) is 1.81. The molecule has 0 bridgehead atoms. The van der Waals surface area contributed by atoms with Crippen molar-refractivity contribution >= 4 is 40.0 Å². The summed E-state index contributed by atoms with van der Waals surface area (Å²) in [5, 5.41) is 10.9. The number of benzene rings is 1. The number of carbonyl (C=O) groups is 2. The number of halogens is 1. The van der Waals surface area contributed by atoms with E-state index in [1.54, 1.807) is 22.2 Å². The maximum absolute atomic E-state index is 13.1. The lowest BCUT2D eigenvalue weighted by atomic mass is 9.97. The van der Waals surface area contributed by atoms with Gasteiger partial charge in [-0.1, -0.05) is 12.1 Å². The average molecular weight is 507 g/mol. The maximum atomic E-state index is 13.1. The summed E-state index contributed by atoms with van der Waals surface area (Å²) < 4.78 is 14.8. The van der Waals surface area contributed by atoms with E-state index in [0.717, 1.165) is 45.7 Å². The highest BCUT2D eigenvalue weighted by molar-refractivity contribution is 7.10. The number of pyridine rings is 1. The van der Waals surface area contributed by atoms with E-state index in [9.17, 15) is 14.0 Å². The molecule has 0 aliphatic carbocycles. The zero-order chi connectivity index (χ0) is 25.4. The molecule has 4 heterocycles. The molecule has 1 N–H and O–H groups in total. The standard InChI is InChI=1S/C26H27FN6O2S/c1-15-12-16(2)28-24-22(15)23(31-32(24)3)30-25(35)20-14-36-26(29-20)18-8-10-33(11-9-18)21(34)13-17-4-6-19(27)7-5-17/h4-7,12,14,18H,8-11,13H2,1-3H3,(H,30,31,35). The molecule has 1 fully saturated rings. The summed E-state index contributed by atoms with van der Waals surface area (Å²) in [4.78, 5) is 36.6. The third-order valence-electron chi connectivity index (χ3n) is 6.57. The van der Waals surface area contributed by atoms with Crippen LogP contribution in [0.5, 0.6) is 0 Å². The smallest absolute Gasteiger partial charge is 0.276 e. The van der Waals surface area contributed by atoms with E-state index in [-0.39, 0.29) is 30.0 Å². The Hall–Kier alpha value is -3.66. The maximum Gasteiger partial charge on any atom is 0.276 e. The van der Waals surface area contributed by atoms with E-state index >= 15 is 0 Å². The fourth-order valence-corrected chi connectivity index (χ4v) is 5.67. The van der Waals surface area contributed by atoms with Crippen molar-refractivity contribution in [2.24, 2.45) is 7.05 Å². The van der Waals surface area contributed by atoms with Gasteiger partial charge in [0, 0.05) is 37.1 Å². The van der Waals surface area contributed by atoms with Gasteiger partial charge in [-0.25, -0.2) is 19.0 Å². The zero-order valence-electron chi connectivity index (χ0n) is 20.4. The third-order valence-corrected chi connectivity index (χ3v) is 7.58. The lowest BCUT2D eigenvalue weighted by Crippen LogP contribution is -2.38. The summed E-state index contributed by atoms with van der Waals surface area (Å²) in [5.41, 5.74) is 3.79. The van der Waals surface area contributed by atoms with Gasteiger partial charge in [-0.2, -0.15) is 5.10 Å². The number of nitrogens with one attached hydrogen (secondary N) is 1. The van der Waals surface area contributed by atoms with Gasteiger partial charge in [0.05, 0.1) is 16.8 Å². The second-order valence-electron chi connectivity index (χ2n) is 9.23. The molecule has 0 spiro atoms. The van der Waals surface area contributed by atoms with Gasteiger partial charge in [0.15, 0.2) is 11.5 Å². The van der Waals surface area contributed by atoms with Gasteiger partial charge < -0.3 is 10.2 Å². The van der Waals surface area contributed by atoms with E-state index in [1.165, 1.54) is 23.5 Å². The molecule has 8 nitrogen and oxygen atoms in total. The predicted octanol–water partition coefficient (Wildman–Crippen LogP) is 4.38. The van der Waals surface area contributed by atoms with Crippen LogP contribution >= 0.6 is 11.3 Å². The molecule has 0 unspecified atom stereocenters. The van der Waals surface area contributed by atoms with Crippen LogP contribution in [0.25, 0.3) is 11.0 Å². The minimum absolute atomic E-state index is 0.0434. The summed E-state index contributed by atoms with van der Waals surface area (Å²) in [6, 6.07) is 8.02. The van der Waals surface area contributed by atoms with Crippen LogP contribution in [0, 0.1) is 19.7 Å². The molecule has 0 saturated carbocycles. The van der Waals surface area contributed by atoms with Crippen molar-refractivity contribution in [1.82, 2.24) is 24.6 Å². The largest absolute Gasteiger partial charge is 0.342 e. The van der Waals surface area contributed by atoms with Crippen molar-refractivity contribution in [2.45, 2.75) is 39.0 Å². The third kappa shape index (κ3) is 4.86. The van der Waals surface area contributed by atoms with Crippen LogP contribution in [-0.4, -0.2) is 49.6 Å². The SMILES string of the molecule is Cc1cc(C)c2c(NC(=O)c3csc(C4CCN(C(=O)Cc5ccc(F)cc5)CC4)n3)nn(C)c2n1. The van der Waals surface area contributed by atoms with Crippen LogP contribution in [0.1, 0.15) is 51.1 Å². The van der Waals surface area contributed by atoms with E-state index in [4.69, 9.17) is 0 Å². The molecule has 1 aliphatic heterocycles. The van der Waals surface area contributed by atoms with Crippen molar-refractivity contribution in [3.05, 3.63) is 69.1 Å². The number of anilines is 1. The number of rotatable bonds is 5. The monoisotopic (exact) mass is 506 g/mol. The minimum atomic E-state index is -0.306. The van der Waals surface area contributed by atoms with E-state index < -0.39 is 0 Å². The van der Waals surface area contributed by atoms with Gasteiger partial charge in [0.2, 0.25) is 5.91 Å². The molecule has 1 aliphatic rings. The Balaban J connectivity index is 1.21. The Morgan fingerprint density at radius 2 is 1.86 bits per heavy atom. The van der Waals surface area contributed by atoms with E-state index in [0.29, 0.717) is 24.6 Å². The highest BCUT2D eigenvalue weighted by atomic mass is 32.1. The van der Waals surface area contributed by atoms with Crippen molar-refractivity contribution in [1.29, 1.82) is 0 Å². The molecule has 0 atom stereocenters. The topological polar surface area (TPSA) is 93.0 Å². The number of aromatic nitrogens is 4. The van der Waals surface area contributed by atoms with Crippen LogP contribution in [-0.2, 0) is 18.3 Å². The van der Waals surface area contributed by atoms with Crippen LogP contribution < -0.4 is 5.32 Å². The number of piperidine rings is 1. The van der Waals surface area contributed by atoms with Crippen LogP contribution in [0.15, 0.2) is 35.7 Å². The number of thiazole rings is 1. The second kappa shape index (κ2) is 9.77. The summed E-state index contributed by atoms with van der Waals surface area (Å²) >= 11 is 1.47. The van der Waals surface area contributed by atoms with Gasteiger partial charge in [0.1, 0.15) is 11.5 Å². The molecular weight excluding hydrogens is 479 g/mol. The Labute approximate surface area is 212 Å². The Bertz CT molecular complexity index is 1440. The molecule has 3 aromatic heterocycles. The lowest BCUT2D eigenvalue weighted by molar-refractivity contribution is -0.131. The van der Waals surface area contributed by atoms with Gasteiger partial charge in [-0.15, -0.1) is 11.3 Å². The molecule has 5 rings (SSSR count). The first-order valence-electron chi connectivity index (χ1n) is 11.9. The first-order valence-corrected chi connectivity index (χ1v) is 12.8. The summed E-state index contributed by atoms with van der Waals surface area (Å²) in [6.07, 6.45) is 1.85. The average Bonchev–Trinajstić information content (AvgIpc) is 3.46. The van der Waals surface area contributed by atoms with Crippen LogP contribution in [0.4, 0.5) is 10.2 Å². The predicted molar refractivity (Wildman–Crippen MR) is 137 cm³/mol. The van der Waals surface area contributed by atoms with Gasteiger partial charge in [-0.05, 0) is 56.0 Å². The van der Waals surface area contributed by atoms with Crippen molar-refractivity contribution < 1.29 is 14.0 Å². The van der Waals surface area contributed by atoms with E-state index in [1.807, 2.05) is 31.9 Å². The molecule has 2 amide bonds. The quantitative estimate of drug-likeness (QED) is 0.434. The van der Waals surface area contributed by atoms with Gasteiger partial charge in [0.25, 0.3) is 5.91 Å². The molecule has 186 valence electrons. The number of nitrogens with zero attached hydrogens (tertiary/aromatic N) is 5. The highest BCUT2D eigenvalue weighted by Gasteiger charge is 2.27. The normalized spacial score (nSPS) is 14.4. The first-order chi connectivity index (χ1) is 17.3. The lowest BCUT2D eigenvalue weighted by Gasteiger charge is -2.31. The van der Waals surface area contributed by atoms with Crippen LogP contribution in [0.3, 0.4) is 0 Å². The van der Waals surface area contributed by atoms with E-state index in [2.05, 4.69) is 20.4 Å². The fourth-order valence-electron chi connectivity index (χ4n) is 4.69. The van der Waals surface area contributed by atoms with Gasteiger partial charge >= 0.3 is 0 Å². The Morgan fingerprint density at radius 3 is 2.58 bits per heavy atom. The van der Waals surface area contributed by atoms with Crippen molar-refractivity contribution in [2.75, 3.05) is 18.4 Å². The number of amides is 2. The van der Waals surface area contributed by atoms with Crippen LogP contribution in [0.2, 0.25) is 0 Å². The number of aryl methyl sites for hydroxylation is 3. The zero-order valence-corrected chi connectivity index (χ0v) is 21.2. The molecule has 1 saturated heterocycles. The van der Waals surface area contributed by atoms with Gasteiger partial charge in [-0.3, -0.25) is 9.59 Å². The number of carbonyl (C=O) groups excluding carboxylic acids is 2. The van der Waals surface area contributed by atoms with Crippen molar-refractivity contribution in [3.63, 3.8) is 0 Å². The molecule has 1 aromatic carbocycles. The Kier molecular flexibility index (Phi) is 6.53. The second-order valence-corrected chi connectivity index (χ2v) is 10.1. The molecule has 36 heavy (non-hydrogen) atoms. The van der Waals surface area contributed by atoms with Crippen molar-refractivity contribution in [3.8, 4) is 0 Å². The summed E-state index contributed by atoms with van der Waals surface area (Å²) in [6.45, 7) is 5.18. The molecule has 4 aromatic rings. The number of likely N-dealkylation sites (tertiary alicyclic amines) is 1. The number of hydrogen-bond acceptors (Lipinski definition) is 6. The molecule has 10 heteroatoms. The Morgan fingerprint density at radius 1 is 1.14 bits per heavy atom. The number of fused-ring (bicyclic) bond motifs is 1. The molecule has 0 radical (unpaired) electrons. The number of hydrogen-bond donors (Lipinski definition) is 1. The molecular formula is C26H27FN6O2S. The fraction of sp³-hybridized carbons (Fsp3) is 0.346. The highest BCUT2D eigenvalue weighted by Crippen LogP contribution is 2.31.